The Morgan fingerprint density at radius 2 is 1.92 bits per heavy atom. The molecule has 0 radical (unpaired) electrons. The Labute approximate surface area is 138 Å². The average molecular weight is 355 g/mol. The monoisotopic (exact) mass is 355 g/mol. The lowest BCUT2D eigenvalue weighted by molar-refractivity contribution is 0.355. The Morgan fingerprint density at radius 1 is 1.17 bits per heavy atom. The van der Waals surface area contributed by atoms with Gasteiger partial charge >= 0.3 is 0 Å². The number of benzene rings is 1. The van der Waals surface area contributed by atoms with E-state index in [9.17, 15) is 18.6 Å². The maximum atomic E-state index is 12.0. The summed E-state index contributed by atoms with van der Waals surface area (Å²) < 4.78 is 41.0. The standard InChI is InChI=1S/C15H17NO7S/c1-21-10-6-3-5-9(13(10)22-2)14-11(17)12(18)15(23-14)16-7-4-8-24(16,19)20/h3,5-6,17-18H,4,7-8H2,1-2H3. The van der Waals surface area contributed by atoms with E-state index in [0.29, 0.717) is 23.5 Å². The van der Waals surface area contributed by atoms with E-state index in [-0.39, 0.29) is 23.9 Å². The molecule has 8 nitrogen and oxygen atoms in total. The summed E-state index contributed by atoms with van der Waals surface area (Å²) in [6.45, 7) is 0.178. The van der Waals surface area contributed by atoms with E-state index in [1.165, 1.54) is 14.2 Å². The van der Waals surface area contributed by atoms with Crippen molar-refractivity contribution in [2.75, 3.05) is 30.8 Å². The second-order valence-corrected chi connectivity index (χ2v) is 7.23. The first-order valence-corrected chi connectivity index (χ1v) is 8.78. The van der Waals surface area contributed by atoms with E-state index in [0.717, 1.165) is 4.31 Å². The highest BCUT2D eigenvalue weighted by Gasteiger charge is 2.36. The van der Waals surface area contributed by atoms with E-state index in [2.05, 4.69) is 0 Å². The minimum absolute atomic E-state index is 0.0360. The van der Waals surface area contributed by atoms with E-state index in [4.69, 9.17) is 13.9 Å². The predicted octanol–water partition coefficient (Wildman–Crippen LogP) is 1.91. The SMILES string of the molecule is COc1cccc(-c2oc(N3CCCS3(=O)=O)c(O)c2O)c1OC. The summed E-state index contributed by atoms with van der Waals surface area (Å²) in [5.74, 6) is -0.920. The molecule has 0 spiro atoms. The number of ether oxygens (including phenoxy) is 2. The van der Waals surface area contributed by atoms with Gasteiger partial charge in [0.2, 0.25) is 21.5 Å². The zero-order chi connectivity index (χ0) is 17.5. The van der Waals surface area contributed by atoms with Gasteiger partial charge < -0.3 is 24.1 Å². The highest BCUT2D eigenvalue weighted by Crippen LogP contribution is 2.51. The summed E-state index contributed by atoms with van der Waals surface area (Å²) in [5, 5.41) is 20.4. The molecule has 2 N–H and O–H groups in total. The molecule has 0 amide bonds. The Morgan fingerprint density at radius 3 is 2.50 bits per heavy atom. The number of hydrogen-bond acceptors (Lipinski definition) is 7. The summed E-state index contributed by atoms with van der Waals surface area (Å²) in [4.78, 5) is 0. The Kier molecular flexibility index (Phi) is 3.96. The molecule has 0 saturated carbocycles. The molecule has 1 saturated heterocycles. The largest absolute Gasteiger partial charge is 0.502 e. The van der Waals surface area contributed by atoms with Crippen molar-refractivity contribution in [3.8, 4) is 34.3 Å². The average Bonchev–Trinajstić information content (AvgIpc) is 3.06. The van der Waals surface area contributed by atoms with Gasteiger partial charge in [0, 0.05) is 6.54 Å². The van der Waals surface area contributed by atoms with E-state index in [1.54, 1.807) is 18.2 Å². The molecule has 0 aliphatic carbocycles. The molecule has 24 heavy (non-hydrogen) atoms. The van der Waals surface area contributed by atoms with Crippen molar-refractivity contribution < 1.29 is 32.5 Å². The third-order valence-electron chi connectivity index (χ3n) is 3.81. The van der Waals surface area contributed by atoms with Gasteiger partial charge in [-0.1, -0.05) is 6.07 Å². The zero-order valence-corrected chi connectivity index (χ0v) is 14.0. The second kappa shape index (κ2) is 5.82. The first-order valence-electron chi connectivity index (χ1n) is 7.17. The van der Waals surface area contributed by atoms with Crippen molar-refractivity contribution in [1.82, 2.24) is 0 Å². The first kappa shape index (κ1) is 16.3. The Bertz CT molecular complexity index is 872. The number of aromatic hydroxyl groups is 2. The van der Waals surface area contributed by atoms with Crippen LogP contribution >= 0.6 is 0 Å². The van der Waals surface area contributed by atoms with Crippen LogP contribution in [0.1, 0.15) is 6.42 Å². The Hall–Kier alpha value is -2.55. The topological polar surface area (TPSA) is 109 Å². The van der Waals surface area contributed by atoms with Gasteiger partial charge in [-0.05, 0) is 18.6 Å². The van der Waals surface area contributed by atoms with Crippen LogP contribution in [0, 0.1) is 0 Å². The molecule has 1 aliphatic rings. The number of nitrogens with zero attached hydrogens (tertiary/aromatic N) is 1. The van der Waals surface area contributed by atoms with Crippen LogP contribution in [-0.4, -0.2) is 45.1 Å². The highest BCUT2D eigenvalue weighted by molar-refractivity contribution is 7.93. The normalized spacial score (nSPS) is 16.3. The quantitative estimate of drug-likeness (QED) is 0.862. The van der Waals surface area contributed by atoms with Crippen molar-refractivity contribution in [1.29, 1.82) is 0 Å². The number of methoxy groups -OCH3 is 2. The smallest absolute Gasteiger partial charge is 0.256 e. The molecule has 0 bridgehead atoms. The summed E-state index contributed by atoms with van der Waals surface area (Å²) in [6, 6.07) is 4.91. The van der Waals surface area contributed by atoms with E-state index >= 15 is 0 Å². The van der Waals surface area contributed by atoms with Gasteiger partial charge in [0.25, 0.3) is 5.88 Å². The molecule has 0 unspecified atom stereocenters. The van der Waals surface area contributed by atoms with Crippen LogP contribution in [0.15, 0.2) is 22.6 Å². The highest BCUT2D eigenvalue weighted by atomic mass is 32.2. The van der Waals surface area contributed by atoms with Gasteiger partial charge in [0.05, 0.1) is 25.5 Å². The van der Waals surface area contributed by atoms with Crippen LogP contribution in [0.4, 0.5) is 5.88 Å². The van der Waals surface area contributed by atoms with Crippen LogP contribution in [0.2, 0.25) is 0 Å². The van der Waals surface area contributed by atoms with Gasteiger partial charge in [0.15, 0.2) is 17.3 Å². The fourth-order valence-electron chi connectivity index (χ4n) is 2.69. The van der Waals surface area contributed by atoms with E-state index < -0.39 is 21.5 Å². The van der Waals surface area contributed by atoms with Gasteiger partial charge in [-0.25, -0.2) is 12.7 Å². The number of sulfonamides is 1. The Balaban J connectivity index is 2.17. The molecule has 1 aromatic carbocycles. The third-order valence-corrected chi connectivity index (χ3v) is 5.64. The van der Waals surface area contributed by atoms with Gasteiger partial charge in [-0.2, -0.15) is 0 Å². The number of para-hydroxylation sites is 1. The number of hydrogen-bond donors (Lipinski definition) is 2. The molecule has 1 aromatic heterocycles. The van der Waals surface area contributed by atoms with Crippen LogP contribution in [0.3, 0.4) is 0 Å². The molecule has 3 rings (SSSR count). The molecule has 2 heterocycles. The summed E-state index contributed by atoms with van der Waals surface area (Å²) in [7, 11) is -0.679. The van der Waals surface area contributed by atoms with Crippen molar-refractivity contribution in [2.24, 2.45) is 0 Å². The van der Waals surface area contributed by atoms with Crippen LogP contribution < -0.4 is 13.8 Å². The third kappa shape index (κ3) is 2.41. The molecule has 2 aromatic rings. The summed E-state index contributed by atoms with van der Waals surface area (Å²) >= 11 is 0. The molecule has 1 aliphatic heterocycles. The summed E-state index contributed by atoms with van der Waals surface area (Å²) in [5.41, 5.74) is 0.326. The summed E-state index contributed by atoms with van der Waals surface area (Å²) in [6.07, 6.45) is 0.418. The number of anilines is 1. The molecule has 9 heteroatoms. The number of rotatable bonds is 4. The lowest BCUT2D eigenvalue weighted by Gasteiger charge is -2.13. The second-order valence-electron chi connectivity index (χ2n) is 5.22. The zero-order valence-electron chi connectivity index (χ0n) is 13.1. The molecule has 1 fully saturated rings. The fourth-order valence-corrected chi connectivity index (χ4v) is 4.19. The molecular formula is C15H17NO7S. The van der Waals surface area contributed by atoms with E-state index in [1.807, 2.05) is 0 Å². The lowest BCUT2D eigenvalue weighted by atomic mass is 10.1. The van der Waals surface area contributed by atoms with Crippen LogP contribution in [-0.2, 0) is 10.0 Å². The molecule has 130 valence electrons. The van der Waals surface area contributed by atoms with Crippen LogP contribution in [0.25, 0.3) is 11.3 Å². The minimum Gasteiger partial charge on any atom is -0.502 e. The fraction of sp³-hybridized carbons (Fsp3) is 0.333. The van der Waals surface area contributed by atoms with Gasteiger partial charge in [0.1, 0.15) is 0 Å². The number of furan rings is 1. The first-order chi connectivity index (χ1) is 11.4. The predicted molar refractivity (Wildman–Crippen MR) is 86.3 cm³/mol. The minimum atomic E-state index is -3.56. The van der Waals surface area contributed by atoms with Crippen LogP contribution in [0.5, 0.6) is 23.0 Å². The van der Waals surface area contributed by atoms with Gasteiger partial charge in [-0.15, -0.1) is 0 Å². The van der Waals surface area contributed by atoms with Crippen molar-refractivity contribution >= 4 is 15.9 Å². The molecule has 0 atom stereocenters. The van der Waals surface area contributed by atoms with Crippen molar-refractivity contribution in [3.63, 3.8) is 0 Å². The lowest BCUT2D eigenvalue weighted by Crippen LogP contribution is -2.24. The maximum absolute atomic E-state index is 12.0. The van der Waals surface area contributed by atoms with Gasteiger partial charge in [-0.3, -0.25) is 0 Å². The van der Waals surface area contributed by atoms with Crippen molar-refractivity contribution in [3.05, 3.63) is 18.2 Å². The molecular weight excluding hydrogens is 338 g/mol. The van der Waals surface area contributed by atoms with Crippen molar-refractivity contribution in [2.45, 2.75) is 6.42 Å². The maximum Gasteiger partial charge on any atom is 0.256 e.